The molecule has 1 aliphatic rings. The predicted octanol–water partition coefficient (Wildman–Crippen LogP) is 5.02. The Morgan fingerprint density at radius 3 is 2.14 bits per heavy atom. The Labute approximate surface area is 167 Å². The average molecular weight is 379 g/mol. The molecule has 4 heteroatoms. The maximum atomic E-state index is 13.5. The largest absolute Gasteiger partial charge is 0.326 e. The highest BCUT2D eigenvalue weighted by atomic mass is 16.2. The van der Waals surface area contributed by atoms with Crippen LogP contribution in [-0.4, -0.2) is 23.3 Å². The standard InChI is InChI=1S/C24H30N2O2/c1-15(2)19-11-8-12-20(16(3)4)22(19)25-24(28)23-21-10-7-6-9-18(21)13-14-26(23)17(5)27/h6-12,15-16,23H,13-14H2,1-5H3,(H,25,28). The summed E-state index contributed by atoms with van der Waals surface area (Å²) in [7, 11) is 0. The SMILES string of the molecule is CC(=O)N1CCc2ccccc2C1C(=O)Nc1c(C(C)C)cccc1C(C)C. The number of nitrogens with zero attached hydrogens (tertiary/aromatic N) is 1. The van der Waals surface area contributed by atoms with E-state index < -0.39 is 6.04 Å². The zero-order chi connectivity index (χ0) is 20.4. The molecule has 0 saturated heterocycles. The number of amides is 2. The summed E-state index contributed by atoms with van der Waals surface area (Å²) in [6.07, 6.45) is 0.777. The first kappa shape index (κ1) is 20.1. The fourth-order valence-electron chi connectivity index (χ4n) is 4.08. The Bertz CT molecular complexity index is 860. The van der Waals surface area contributed by atoms with E-state index in [-0.39, 0.29) is 23.7 Å². The van der Waals surface area contributed by atoms with Crippen LogP contribution in [0.3, 0.4) is 0 Å². The van der Waals surface area contributed by atoms with E-state index in [0.717, 1.165) is 34.4 Å². The van der Waals surface area contributed by atoms with E-state index in [2.05, 4.69) is 57.3 Å². The van der Waals surface area contributed by atoms with Gasteiger partial charge in [-0.1, -0.05) is 70.2 Å². The van der Waals surface area contributed by atoms with Crippen molar-refractivity contribution in [2.75, 3.05) is 11.9 Å². The van der Waals surface area contributed by atoms with Crippen molar-refractivity contribution in [3.8, 4) is 0 Å². The van der Waals surface area contributed by atoms with Crippen molar-refractivity contribution in [1.82, 2.24) is 4.90 Å². The Morgan fingerprint density at radius 2 is 1.57 bits per heavy atom. The Kier molecular flexibility index (Phi) is 5.87. The van der Waals surface area contributed by atoms with Gasteiger partial charge in [-0.05, 0) is 40.5 Å². The molecular weight excluding hydrogens is 348 g/mol. The number of anilines is 1. The highest BCUT2D eigenvalue weighted by Gasteiger charge is 2.35. The van der Waals surface area contributed by atoms with Crippen LogP contribution in [0.5, 0.6) is 0 Å². The molecule has 3 rings (SSSR count). The van der Waals surface area contributed by atoms with Crippen LogP contribution in [0.4, 0.5) is 5.69 Å². The second kappa shape index (κ2) is 8.17. The van der Waals surface area contributed by atoms with Crippen molar-refractivity contribution < 1.29 is 9.59 Å². The first-order valence-electron chi connectivity index (χ1n) is 10.1. The highest BCUT2D eigenvalue weighted by molar-refractivity contribution is 5.99. The monoisotopic (exact) mass is 378 g/mol. The van der Waals surface area contributed by atoms with Crippen LogP contribution >= 0.6 is 0 Å². The lowest BCUT2D eigenvalue weighted by molar-refractivity contribution is -0.137. The molecule has 1 heterocycles. The Balaban J connectivity index is 2.04. The molecule has 1 N–H and O–H groups in total. The zero-order valence-corrected chi connectivity index (χ0v) is 17.5. The first-order chi connectivity index (χ1) is 13.3. The number of nitrogens with one attached hydrogen (secondary N) is 1. The minimum absolute atomic E-state index is 0.0733. The molecule has 2 aromatic rings. The van der Waals surface area contributed by atoms with Crippen LogP contribution in [0.25, 0.3) is 0 Å². The summed E-state index contributed by atoms with van der Waals surface area (Å²) < 4.78 is 0. The quantitative estimate of drug-likeness (QED) is 0.812. The number of benzene rings is 2. The van der Waals surface area contributed by atoms with Crippen molar-refractivity contribution >= 4 is 17.5 Å². The summed E-state index contributed by atoms with van der Waals surface area (Å²) in [6, 6.07) is 13.5. The van der Waals surface area contributed by atoms with Gasteiger partial charge in [0, 0.05) is 19.2 Å². The van der Waals surface area contributed by atoms with Crippen molar-refractivity contribution in [3.05, 3.63) is 64.7 Å². The summed E-state index contributed by atoms with van der Waals surface area (Å²) in [5.41, 5.74) is 5.20. The number of hydrogen-bond donors (Lipinski definition) is 1. The van der Waals surface area contributed by atoms with Gasteiger partial charge in [-0.3, -0.25) is 9.59 Å². The maximum absolute atomic E-state index is 13.5. The fourth-order valence-corrected chi connectivity index (χ4v) is 4.08. The summed E-state index contributed by atoms with van der Waals surface area (Å²) in [5, 5.41) is 3.20. The molecule has 0 saturated carbocycles. The molecule has 2 amide bonds. The molecule has 148 valence electrons. The number of fused-ring (bicyclic) bond motifs is 1. The van der Waals surface area contributed by atoms with Crippen molar-refractivity contribution in [2.24, 2.45) is 0 Å². The lowest BCUT2D eigenvalue weighted by Gasteiger charge is -2.36. The first-order valence-corrected chi connectivity index (χ1v) is 10.1. The van der Waals surface area contributed by atoms with Gasteiger partial charge in [-0.15, -0.1) is 0 Å². The molecule has 4 nitrogen and oxygen atoms in total. The number of carbonyl (C=O) groups is 2. The van der Waals surface area contributed by atoms with E-state index in [1.165, 1.54) is 6.92 Å². The van der Waals surface area contributed by atoms with Crippen molar-refractivity contribution in [3.63, 3.8) is 0 Å². The molecule has 1 atom stereocenters. The molecule has 28 heavy (non-hydrogen) atoms. The van der Waals surface area contributed by atoms with E-state index in [1.807, 2.05) is 18.2 Å². The molecular formula is C24H30N2O2. The maximum Gasteiger partial charge on any atom is 0.251 e. The van der Waals surface area contributed by atoms with Gasteiger partial charge < -0.3 is 10.2 Å². The van der Waals surface area contributed by atoms with Gasteiger partial charge >= 0.3 is 0 Å². The van der Waals surface area contributed by atoms with Crippen molar-refractivity contribution in [2.45, 2.75) is 58.9 Å². The van der Waals surface area contributed by atoms with Crippen LogP contribution in [0, 0.1) is 0 Å². The summed E-state index contributed by atoms with van der Waals surface area (Å²) in [4.78, 5) is 27.4. The second-order valence-corrected chi connectivity index (χ2v) is 8.17. The van der Waals surface area contributed by atoms with Gasteiger partial charge in [0.15, 0.2) is 0 Å². The van der Waals surface area contributed by atoms with Gasteiger partial charge in [0.2, 0.25) is 5.91 Å². The van der Waals surface area contributed by atoms with Crippen LogP contribution in [-0.2, 0) is 16.0 Å². The summed E-state index contributed by atoms with van der Waals surface area (Å²) in [6.45, 7) is 10.6. The predicted molar refractivity (Wildman–Crippen MR) is 114 cm³/mol. The van der Waals surface area contributed by atoms with Crippen LogP contribution < -0.4 is 5.32 Å². The summed E-state index contributed by atoms with van der Waals surface area (Å²) in [5.74, 6) is 0.362. The molecule has 0 aromatic heterocycles. The van der Waals surface area contributed by atoms with E-state index in [9.17, 15) is 9.59 Å². The van der Waals surface area contributed by atoms with Crippen LogP contribution in [0.15, 0.2) is 42.5 Å². The molecule has 0 aliphatic carbocycles. The molecule has 1 aliphatic heterocycles. The number of rotatable bonds is 4. The smallest absolute Gasteiger partial charge is 0.251 e. The number of hydrogen-bond acceptors (Lipinski definition) is 2. The molecule has 0 fully saturated rings. The normalized spacial score (nSPS) is 16.2. The number of para-hydroxylation sites is 1. The van der Waals surface area contributed by atoms with Gasteiger partial charge in [-0.25, -0.2) is 0 Å². The topological polar surface area (TPSA) is 49.4 Å². The molecule has 1 unspecified atom stereocenters. The molecule has 0 bridgehead atoms. The van der Waals surface area contributed by atoms with Gasteiger partial charge in [0.1, 0.15) is 6.04 Å². The van der Waals surface area contributed by atoms with Crippen LogP contribution in [0.2, 0.25) is 0 Å². The van der Waals surface area contributed by atoms with E-state index in [1.54, 1.807) is 4.90 Å². The fraction of sp³-hybridized carbons (Fsp3) is 0.417. The van der Waals surface area contributed by atoms with Gasteiger partial charge in [-0.2, -0.15) is 0 Å². The molecule has 0 radical (unpaired) electrons. The van der Waals surface area contributed by atoms with E-state index in [0.29, 0.717) is 6.54 Å². The summed E-state index contributed by atoms with van der Waals surface area (Å²) >= 11 is 0. The van der Waals surface area contributed by atoms with Gasteiger partial charge in [0.05, 0.1) is 0 Å². The second-order valence-electron chi connectivity index (χ2n) is 8.17. The van der Waals surface area contributed by atoms with Crippen LogP contribution in [0.1, 0.15) is 74.8 Å². The zero-order valence-electron chi connectivity index (χ0n) is 17.5. The third-order valence-electron chi connectivity index (χ3n) is 5.56. The number of carbonyl (C=O) groups excluding carboxylic acids is 2. The minimum Gasteiger partial charge on any atom is -0.326 e. The van der Waals surface area contributed by atoms with Crippen molar-refractivity contribution in [1.29, 1.82) is 0 Å². The Hall–Kier alpha value is -2.62. The average Bonchev–Trinajstić information content (AvgIpc) is 2.66. The minimum atomic E-state index is -0.595. The molecule has 2 aromatic carbocycles. The third kappa shape index (κ3) is 3.82. The lowest BCUT2D eigenvalue weighted by atomic mass is 9.90. The lowest BCUT2D eigenvalue weighted by Crippen LogP contribution is -2.44. The Morgan fingerprint density at radius 1 is 0.964 bits per heavy atom. The van der Waals surface area contributed by atoms with E-state index >= 15 is 0 Å². The third-order valence-corrected chi connectivity index (χ3v) is 5.56. The molecule has 0 spiro atoms. The highest BCUT2D eigenvalue weighted by Crippen LogP contribution is 2.35. The van der Waals surface area contributed by atoms with E-state index in [4.69, 9.17) is 0 Å². The van der Waals surface area contributed by atoms with Gasteiger partial charge in [0.25, 0.3) is 5.91 Å².